The number of likely N-dealkylation sites (tertiary alicyclic amines) is 1. The number of hydrogen-bond acceptors (Lipinski definition) is 8. The van der Waals surface area contributed by atoms with E-state index in [2.05, 4.69) is 99.6 Å². The second-order valence-electron chi connectivity index (χ2n) is 18.7. The highest BCUT2D eigenvalue weighted by atomic mass is 16.5. The molecule has 348 valence electrons. The van der Waals surface area contributed by atoms with Gasteiger partial charge in [0.1, 0.15) is 23.7 Å². The van der Waals surface area contributed by atoms with Gasteiger partial charge in [-0.1, -0.05) is 104 Å². The fraction of sp³-hybridized carbons (Fsp3) is 0.273. The third kappa shape index (κ3) is 8.62. The van der Waals surface area contributed by atoms with Gasteiger partial charge in [0.2, 0.25) is 5.91 Å². The highest BCUT2D eigenvalue weighted by molar-refractivity contribution is 5.94. The normalized spacial score (nSPS) is 21.1. The fourth-order valence-electron chi connectivity index (χ4n) is 10.5. The minimum Gasteiger partial charge on any atom is -0.453 e. The van der Waals surface area contributed by atoms with Gasteiger partial charge in [0.15, 0.2) is 0 Å². The first-order chi connectivity index (χ1) is 33.6. The number of rotatable bonds is 13. The average molecular weight is 921 g/mol. The molecule has 0 radical (unpaired) electrons. The van der Waals surface area contributed by atoms with Gasteiger partial charge in [-0.3, -0.25) is 9.59 Å². The summed E-state index contributed by atoms with van der Waals surface area (Å²) < 4.78 is 9.68. The van der Waals surface area contributed by atoms with Gasteiger partial charge >= 0.3 is 12.2 Å². The maximum atomic E-state index is 14.4. The van der Waals surface area contributed by atoms with Gasteiger partial charge in [0.05, 0.1) is 42.3 Å². The number of alkyl carbamates (subject to hydrolysis) is 2. The fourth-order valence-corrected chi connectivity index (χ4v) is 10.5. The number of aromatic amines is 2. The molecule has 0 bridgehead atoms. The van der Waals surface area contributed by atoms with E-state index in [0.29, 0.717) is 28.9 Å². The molecule has 0 spiro atoms. The summed E-state index contributed by atoms with van der Waals surface area (Å²) in [6.45, 7) is 2.18. The van der Waals surface area contributed by atoms with E-state index in [4.69, 9.17) is 19.4 Å². The summed E-state index contributed by atoms with van der Waals surface area (Å²) in [5, 5.41) is 10.8. The third-order valence-electron chi connectivity index (χ3n) is 14.4. The third-order valence-corrected chi connectivity index (χ3v) is 14.4. The number of nitrogens with zero attached hydrogens (tertiary/aromatic N) is 3. The number of piperidine rings is 1. The standard InChI is InChI=1S/C55H52N8O6/c1-30-40-29-46(63(50(30)40)53(65)49(62-55(67)69-3)32-12-8-5-9-13-32)51-58-42-22-19-38(27-45(42)59-51)36-17-15-33-24-35(16-14-34(33)25-36)37-18-21-41-44(26-37)57-47(56-41)23-20-39-28-43(39)60-52(64)48(61-54(66)68-2)31-10-6-4-7-11-31/h4-19,21-22,24-27,30,39-40,43,46,48-50H,20,23,28-29H2,1-3H3,(H,56,57)(H,58,59)(H,60,64)(H,61,66)(H,62,67)/t30-,39+,40+,43-,46+,48-,49-,50-/m1/s1. The molecule has 6 aromatic carbocycles. The highest BCUT2D eigenvalue weighted by Gasteiger charge is 2.61. The predicted octanol–water partition coefficient (Wildman–Crippen LogP) is 9.47. The molecule has 14 heteroatoms. The lowest BCUT2D eigenvalue weighted by molar-refractivity contribution is -0.136. The number of ether oxygens (including phenoxy) is 2. The quantitative estimate of drug-likeness (QED) is 0.0758. The zero-order chi connectivity index (χ0) is 47.3. The Morgan fingerprint density at radius 3 is 1.84 bits per heavy atom. The van der Waals surface area contributed by atoms with Crippen molar-refractivity contribution >= 4 is 56.8 Å². The Kier molecular flexibility index (Phi) is 11.3. The van der Waals surface area contributed by atoms with E-state index in [0.717, 1.165) is 92.4 Å². The maximum Gasteiger partial charge on any atom is 0.407 e. The maximum absolute atomic E-state index is 14.4. The number of benzene rings is 6. The number of H-pyrrole nitrogens is 2. The van der Waals surface area contributed by atoms with Gasteiger partial charge in [-0.05, 0) is 118 Å². The Balaban J connectivity index is 0.752. The smallest absolute Gasteiger partial charge is 0.407 e. The molecule has 1 saturated heterocycles. The summed E-state index contributed by atoms with van der Waals surface area (Å²) in [5.74, 6) is 2.30. The van der Waals surface area contributed by atoms with Crippen LogP contribution in [0.3, 0.4) is 0 Å². The molecular formula is C55H52N8O6. The first-order valence-electron chi connectivity index (χ1n) is 23.6. The van der Waals surface area contributed by atoms with Gasteiger partial charge in [0, 0.05) is 18.5 Å². The lowest BCUT2D eigenvalue weighted by atomic mass is 9.97. The van der Waals surface area contributed by atoms with Crippen LogP contribution in [0.2, 0.25) is 0 Å². The van der Waals surface area contributed by atoms with Crippen LogP contribution in [0.1, 0.15) is 67.1 Å². The Morgan fingerprint density at radius 1 is 0.667 bits per heavy atom. The summed E-state index contributed by atoms with van der Waals surface area (Å²) in [5.41, 5.74) is 9.33. The Labute approximate surface area is 398 Å². The number of imidazole rings is 2. The lowest BCUT2D eigenvalue weighted by Gasteiger charge is -2.31. The van der Waals surface area contributed by atoms with E-state index in [1.807, 2.05) is 71.6 Å². The molecule has 5 N–H and O–H groups in total. The molecule has 3 aliphatic rings. The summed E-state index contributed by atoms with van der Waals surface area (Å²) in [6.07, 6.45) is 1.99. The van der Waals surface area contributed by atoms with Crippen molar-refractivity contribution in [3.63, 3.8) is 0 Å². The topological polar surface area (TPSA) is 183 Å². The Bertz CT molecular complexity index is 3260. The molecule has 0 unspecified atom stereocenters. The van der Waals surface area contributed by atoms with Crippen LogP contribution < -0.4 is 16.0 Å². The van der Waals surface area contributed by atoms with Crippen LogP contribution in [0, 0.1) is 17.8 Å². The van der Waals surface area contributed by atoms with Crippen LogP contribution in [0.4, 0.5) is 9.59 Å². The van der Waals surface area contributed by atoms with Crippen molar-refractivity contribution in [1.82, 2.24) is 40.8 Å². The number of carbonyl (C=O) groups is 4. The monoisotopic (exact) mass is 920 g/mol. The number of aromatic nitrogens is 4. The number of fused-ring (bicyclic) bond motifs is 4. The van der Waals surface area contributed by atoms with Crippen molar-refractivity contribution in [2.45, 2.75) is 62.8 Å². The van der Waals surface area contributed by atoms with Crippen LogP contribution in [-0.2, 0) is 25.5 Å². The largest absolute Gasteiger partial charge is 0.453 e. The molecular weight excluding hydrogens is 869 g/mol. The molecule has 3 fully saturated rings. The Morgan fingerprint density at radius 2 is 1.22 bits per heavy atom. The zero-order valence-corrected chi connectivity index (χ0v) is 38.4. The molecule has 3 heterocycles. The van der Waals surface area contributed by atoms with Crippen LogP contribution >= 0.6 is 0 Å². The molecule has 2 aromatic heterocycles. The molecule has 4 amide bonds. The van der Waals surface area contributed by atoms with Crippen molar-refractivity contribution in [2.24, 2.45) is 17.8 Å². The van der Waals surface area contributed by atoms with E-state index in [-0.39, 0.29) is 29.9 Å². The SMILES string of the molecule is COC(=O)N[C@@H](C(=O)N[C@@H]1C[C@@H]1CCc1nc2ccc(-c3ccc4cc(-c5ccc6nc([C@@H]7C[C@H]8[C@@H](C)[C@H]8N7C(=O)[C@H](NC(=O)OC)c7ccccc7)[nH]c6c5)ccc4c3)cc2[nH]1)c1ccccc1. The van der Waals surface area contributed by atoms with E-state index in [1.165, 1.54) is 14.2 Å². The van der Waals surface area contributed by atoms with Gasteiger partial charge < -0.3 is 40.3 Å². The molecule has 8 atom stereocenters. The summed E-state index contributed by atoms with van der Waals surface area (Å²) in [7, 11) is 2.58. The van der Waals surface area contributed by atoms with Gasteiger partial charge in [-0.15, -0.1) is 0 Å². The molecule has 14 nitrogen and oxygen atoms in total. The highest BCUT2D eigenvalue weighted by Crippen LogP contribution is 2.58. The summed E-state index contributed by atoms with van der Waals surface area (Å²) in [4.78, 5) is 71.1. The molecule has 8 aromatic rings. The van der Waals surface area contributed by atoms with Gasteiger partial charge in [0.25, 0.3) is 5.91 Å². The van der Waals surface area contributed by atoms with E-state index >= 15 is 0 Å². The average Bonchev–Trinajstić information content (AvgIpc) is 3.98. The number of amides is 4. The molecule has 69 heavy (non-hydrogen) atoms. The van der Waals surface area contributed by atoms with E-state index in [1.54, 1.807) is 0 Å². The molecule has 11 rings (SSSR count). The van der Waals surface area contributed by atoms with Crippen molar-refractivity contribution in [1.29, 1.82) is 0 Å². The zero-order valence-electron chi connectivity index (χ0n) is 38.4. The van der Waals surface area contributed by atoms with Crippen LogP contribution in [0.25, 0.3) is 55.1 Å². The Hall–Kier alpha value is -8.00. The second kappa shape index (κ2) is 17.9. The lowest BCUT2D eigenvalue weighted by Crippen LogP contribution is -2.44. The predicted molar refractivity (Wildman–Crippen MR) is 263 cm³/mol. The van der Waals surface area contributed by atoms with Crippen LogP contribution in [-0.4, -0.2) is 75.1 Å². The van der Waals surface area contributed by atoms with Crippen molar-refractivity contribution in [3.05, 3.63) is 156 Å². The van der Waals surface area contributed by atoms with Crippen molar-refractivity contribution < 1.29 is 28.7 Å². The number of nitrogens with one attached hydrogen (secondary N) is 5. The minimum atomic E-state index is -0.884. The second-order valence-corrected chi connectivity index (χ2v) is 18.7. The molecule has 1 aliphatic heterocycles. The van der Waals surface area contributed by atoms with Crippen LogP contribution in [0.15, 0.2) is 133 Å². The first kappa shape index (κ1) is 43.6. The van der Waals surface area contributed by atoms with Crippen LogP contribution in [0.5, 0.6) is 0 Å². The van der Waals surface area contributed by atoms with E-state index in [9.17, 15) is 19.2 Å². The van der Waals surface area contributed by atoms with Gasteiger partial charge in [-0.2, -0.15) is 0 Å². The number of methoxy groups -OCH3 is 2. The van der Waals surface area contributed by atoms with E-state index < -0.39 is 24.3 Å². The van der Waals surface area contributed by atoms with Crippen molar-refractivity contribution in [2.75, 3.05) is 14.2 Å². The number of carbonyl (C=O) groups excluding carboxylic acids is 4. The number of aryl methyl sites for hydroxylation is 1. The van der Waals surface area contributed by atoms with Gasteiger partial charge in [-0.25, -0.2) is 19.6 Å². The molecule has 2 saturated carbocycles. The summed E-state index contributed by atoms with van der Waals surface area (Å²) in [6, 6.07) is 42.2. The summed E-state index contributed by atoms with van der Waals surface area (Å²) >= 11 is 0. The number of hydrogen-bond donors (Lipinski definition) is 5. The van der Waals surface area contributed by atoms with Crippen molar-refractivity contribution in [3.8, 4) is 22.3 Å². The minimum absolute atomic E-state index is 0.0408. The molecule has 2 aliphatic carbocycles. The first-order valence-corrected chi connectivity index (χ1v) is 23.6.